The third kappa shape index (κ3) is 4.16. The molecule has 7 nitrogen and oxygen atoms in total. The highest BCUT2D eigenvalue weighted by Crippen LogP contribution is 2.42. The SMILES string of the molecule is COC(=O)C1=C(C)N(c2ccc(C)cc2)C(=S)N[C@@H]1c1cc(OC)c(OC)c(OC)c1. The van der Waals surface area contributed by atoms with Crippen molar-refractivity contribution >= 4 is 29.0 Å². The molecule has 0 spiro atoms. The zero-order valence-electron chi connectivity index (χ0n) is 18.4. The van der Waals surface area contributed by atoms with E-state index in [4.69, 9.17) is 31.2 Å². The molecule has 0 amide bonds. The Kier molecular flexibility index (Phi) is 6.70. The van der Waals surface area contributed by atoms with E-state index in [1.54, 1.807) is 26.4 Å². The number of methoxy groups -OCH3 is 4. The van der Waals surface area contributed by atoms with E-state index in [2.05, 4.69) is 5.32 Å². The first-order chi connectivity index (χ1) is 14.9. The lowest BCUT2D eigenvalue weighted by molar-refractivity contribution is -0.136. The molecular formula is C23H26N2O5S. The van der Waals surface area contributed by atoms with E-state index in [-0.39, 0.29) is 0 Å². The number of hydrogen-bond donors (Lipinski definition) is 1. The van der Waals surface area contributed by atoms with Crippen molar-refractivity contribution in [2.75, 3.05) is 33.3 Å². The number of nitrogens with one attached hydrogen (secondary N) is 1. The molecule has 2 aromatic rings. The molecule has 0 saturated heterocycles. The van der Waals surface area contributed by atoms with Gasteiger partial charge in [-0.25, -0.2) is 4.79 Å². The molecule has 1 aliphatic heterocycles. The standard InChI is InChI=1S/C23H26N2O5S/c1-13-7-9-16(10-8-13)25-14(2)19(22(26)30-6)20(24-23(25)31)15-11-17(27-3)21(29-5)18(12-15)28-4/h7-12,20H,1-6H3,(H,24,31)/t20-/m1/s1. The van der Waals surface area contributed by atoms with Gasteiger partial charge in [0.1, 0.15) is 0 Å². The summed E-state index contributed by atoms with van der Waals surface area (Å²) in [5, 5.41) is 3.74. The van der Waals surface area contributed by atoms with E-state index in [9.17, 15) is 4.79 Å². The molecule has 1 aliphatic rings. The average molecular weight is 443 g/mol. The molecule has 0 saturated carbocycles. The molecule has 164 valence electrons. The summed E-state index contributed by atoms with van der Waals surface area (Å²) in [6.45, 7) is 3.86. The number of rotatable bonds is 6. The molecular weight excluding hydrogens is 416 g/mol. The van der Waals surface area contributed by atoms with Gasteiger partial charge in [-0.1, -0.05) is 17.7 Å². The van der Waals surface area contributed by atoms with Gasteiger partial charge in [0, 0.05) is 11.4 Å². The molecule has 1 heterocycles. The summed E-state index contributed by atoms with van der Waals surface area (Å²) in [5.74, 6) is 0.969. The lowest BCUT2D eigenvalue weighted by atomic mass is 9.94. The number of benzene rings is 2. The van der Waals surface area contributed by atoms with Gasteiger partial charge in [0.05, 0.1) is 40.1 Å². The van der Waals surface area contributed by atoms with Crippen LogP contribution in [-0.4, -0.2) is 39.5 Å². The summed E-state index contributed by atoms with van der Waals surface area (Å²) in [6, 6.07) is 10.9. The molecule has 1 N–H and O–H groups in total. The molecule has 1 atom stereocenters. The number of hydrogen-bond acceptors (Lipinski definition) is 6. The van der Waals surface area contributed by atoms with Gasteiger partial charge in [-0.3, -0.25) is 4.90 Å². The van der Waals surface area contributed by atoms with E-state index >= 15 is 0 Å². The van der Waals surface area contributed by atoms with Gasteiger partial charge in [-0.15, -0.1) is 0 Å². The van der Waals surface area contributed by atoms with Gasteiger partial charge < -0.3 is 24.3 Å². The Morgan fingerprint density at radius 2 is 1.55 bits per heavy atom. The number of carbonyl (C=O) groups excluding carboxylic acids is 1. The van der Waals surface area contributed by atoms with Crippen LogP contribution in [0.2, 0.25) is 0 Å². The smallest absolute Gasteiger partial charge is 0.337 e. The maximum absolute atomic E-state index is 12.9. The molecule has 0 radical (unpaired) electrons. The van der Waals surface area contributed by atoms with Crippen LogP contribution in [0.3, 0.4) is 0 Å². The van der Waals surface area contributed by atoms with Crippen molar-refractivity contribution in [3.63, 3.8) is 0 Å². The second-order valence-electron chi connectivity index (χ2n) is 7.00. The fourth-order valence-electron chi connectivity index (χ4n) is 3.64. The predicted octanol–water partition coefficient (Wildman–Crippen LogP) is 3.90. The van der Waals surface area contributed by atoms with Crippen LogP contribution < -0.4 is 24.4 Å². The van der Waals surface area contributed by atoms with E-state index in [0.29, 0.717) is 33.6 Å². The first kappa shape index (κ1) is 22.4. The van der Waals surface area contributed by atoms with Gasteiger partial charge in [0.25, 0.3) is 0 Å². The predicted molar refractivity (Wildman–Crippen MR) is 123 cm³/mol. The van der Waals surface area contributed by atoms with Crippen LogP contribution in [-0.2, 0) is 9.53 Å². The number of carbonyl (C=O) groups is 1. The third-order valence-electron chi connectivity index (χ3n) is 5.20. The normalized spacial score (nSPS) is 16.0. The van der Waals surface area contributed by atoms with Gasteiger partial charge in [0.15, 0.2) is 16.6 Å². The van der Waals surface area contributed by atoms with E-state index in [0.717, 1.165) is 16.8 Å². The second-order valence-corrected chi connectivity index (χ2v) is 7.39. The van der Waals surface area contributed by atoms with Gasteiger partial charge in [-0.05, 0) is 55.9 Å². The number of thiocarbonyl (C=S) groups is 1. The summed E-state index contributed by atoms with van der Waals surface area (Å²) in [5.41, 5.74) is 3.82. The minimum Gasteiger partial charge on any atom is -0.493 e. The summed E-state index contributed by atoms with van der Waals surface area (Å²) < 4.78 is 21.5. The Morgan fingerprint density at radius 3 is 2.03 bits per heavy atom. The summed E-state index contributed by atoms with van der Waals surface area (Å²) in [7, 11) is 5.98. The Morgan fingerprint density at radius 1 is 0.968 bits per heavy atom. The second kappa shape index (κ2) is 9.26. The summed E-state index contributed by atoms with van der Waals surface area (Å²) in [4.78, 5) is 14.7. The fourth-order valence-corrected chi connectivity index (χ4v) is 4.00. The van der Waals surface area contributed by atoms with Crippen LogP contribution in [0.4, 0.5) is 5.69 Å². The summed E-state index contributed by atoms with van der Waals surface area (Å²) in [6.07, 6.45) is 0. The van der Waals surface area contributed by atoms with E-state index in [1.807, 2.05) is 43.0 Å². The first-order valence-electron chi connectivity index (χ1n) is 9.62. The topological polar surface area (TPSA) is 69.3 Å². The number of esters is 1. The molecule has 0 aromatic heterocycles. The van der Waals surface area contributed by atoms with Gasteiger partial charge in [0.2, 0.25) is 5.75 Å². The van der Waals surface area contributed by atoms with Crippen LogP contribution in [0.25, 0.3) is 0 Å². The van der Waals surface area contributed by atoms with Crippen LogP contribution >= 0.6 is 12.2 Å². The van der Waals surface area contributed by atoms with Crippen molar-refractivity contribution in [1.29, 1.82) is 0 Å². The third-order valence-corrected chi connectivity index (χ3v) is 5.50. The fraction of sp³-hybridized carbons (Fsp3) is 0.304. The first-order valence-corrected chi connectivity index (χ1v) is 10.0. The molecule has 3 rings (SSSR count). The maximum atomic E-state index is 12.9. The van der Waals surface area contributed by atoms with E-state index in [1.165, 1.54) is 14.2 Å². The molecule has 0 fully saturated rings. The van der Waals surface area contributed by atoms with Crippen LogP contribution in [0.5, 0.6) is 17.2 Å². The number of aryl methyl sites for hydroxylation is 1. The Bertz CT molecular complexity index is 1010. The van der Waals surface area contributed by atoms with Gasteiger partial charge >= 0.3 is 5.97 Å². The highest BCUT2D eigenvalue weighted by molar-refractivity contribution is 7.80. The van der Waals surface area contributed by atoms with Crippen molar-refractivity contribution < 1.29 is 23.7 Å². The quantitative estimate of drug-likeness (QED) is 0.534. The van der Waals surface area contributed by atoms with Crippen molar-refractivity contribution in [3.8, 4) is 17.2 Å². The molecule has 8 heteroatoms. The van der Waals surface area contributed by atoms with Crippen molar-refractivity contribution in [2.45, 2.75) is 19.9 Å². The Labute approximate surface area is 187 Å². The zero-order valence-corrected chi connectivity index (χ0v) is 19.3. The minimum absolute atomic E-state index is 0.436. The van der Waals surface area contributed by atoms with Crippen LogP contribution in [0.15, 0.2) is 47.7 Å². The van der Waals surface area contributed by atoms with Crippen LogP contribution in [0.1, 0.15) is 24.1 Å². The lowest BCUT2D eigenvalue weighted by Crippen LogP contribution is -2.48. The Hall–Kier alpha value is -3.26. The molecule has 0 unspecified atom stereocenters. The zero-order chi connectivity index (χ0) is 22.7. The number of anilines is 1. The summed E-state index contributed by atoms with van der Waals surface area (Å²) >= 11 is 5.68. The average Bonchev–Trinajstić information content (AvgIpc) is 2.78. The van der Waals surface area contributed by atoms with Crippen molar-refractivity contribution in [1.82, 2.24) is 5.32 Å². The molecule has 31 heavy (non-hydrogen) atoms. The highest BCUT2D eigenvalue weighted by atomic mass is 32.1. The Balaban J connectivity index is 2.18. The monoisotopic (exact) mass is 442 g/mol. The van der Waals surface area contributed by atoms with Crippen molar-refractivity contribution in [3.05, 3.63) is 58.8 Å². The highest BCUT2D eigenvalue weighted by Gasteiger charge is 2.36. The number of ether oxygens (including phenoxy) is 4. The molecule has 0 bridgehead atoms. The lowest BCUT2D eigenvalue weighted by Gasteiger charge is -2.37. The largest absolute Gasteiger partial charge is 0.493 e. The van der Waals surface area contributed by atoms with Crippen LogP contribution in [0, 0.1) is 6.92 Å². The van der Waals surface area contributed by atoms with E-state index < -0.39 is 12.0 Å². The number of allylic oxidation sites excluding steroid dienone is 1. The number of nitrogens with zero attached hydrogens (tertiary/aromatic N) is 1. The minimum atomic E-state index is -0.560. The van der Waals surface area contributed by atoms with Gasteiger partial charge in [-0.2, -0.15) is 0 Å². The van der Waals surface area contributed by atoms with Crippen molar-refractivity contribution in [2.24, 2.45) is 0 Å². The maximum Gasteiger partial charge on any atom is 0.337 e. The molecule has 2 aromatic carbocycles. The molecule has 0 aliphatic carbocycles.